The Labute approximate surface area is 139 Å². The summed E-state index contributed by atoms with van der Waals surface area (Å²) in [7, 11) is 0. The lowest BCUT2D eigenvalue weighted by atomic mass is 10.0. The van der Waals surface area contributed by atoms with Crippen molar-refractivity contribution in [3.8, 4) is 11.5 Å². The molecule has 2 N–H and O–H groups in total. The predicted octanol–water partition coefficient (Wildman–Crippen LogP) is 2.27. The van der Waals surface area contributed by atoms with Crippen LogP contribution >= 0.6 is 0 Å². The number of esters is 1. The molecule has 0 bridgehead atoms. The van der Waals surface area contributed by atoms with E-state index >= 15 is 0 Å². The van der Waals surface area contributed by atoms with Gasteiger partial charge in [-0.3, -0.25) is 9.59 Å². The van der Waals surface area contributed by atoms with Gasteiger partial charge in [0.15, 0.2) is 5.78 Å². The van der Waals surface area contributed by atoms with Gasteiger partial charge in [-0.2, -0.15) is 0 Å². The average molecular weight is 330 g/mol. The number of carbonyl (C=O) groups excluding carboxylic acids is 2. The van der Waals surface area contributed by atoms with Crippen LogP contribution in [-0.4, -0.2) is 34.9 Å². The number of phenolic OH excluding ortho intramolecular Hbond substituents is 1. The van der Waals surface area contributed by atoms with Gasteiger partial charge in [0.1, 0.15) is 11.5 Å². The van der Waals surface area contributed by atoms with Crippen molar-refractivity contribution in [1.29, 1.82) is 0 Å². The zero-order valence-electron chi connectivity index (χ0n) is 13.1. The molecule has 0 fully saturated rings. The van der Waals surface area contributed by atoms with Crippen LogP contribution in [0.25, 0.3) is 0 Å². The lowest BCUT2D eigenvalue weighted by Gasteiger charge is -2.10. The van der Waals surface area contributed by atoms with Crippen molar-refractivity contribution in [3.63, 3.8) is 0 Å². The van der Waals surface area contributed by atoms with Crippen LogP contribution < -0.4 is 4.74 Å². The summed E-state index contributed by atoms with van der Waals surface area (Å²) in [6, 6.07) is 12.8. The smallest absolute Gasteiger partial charge is 0.311 e. The number of phenols is 1. The molecule has 0 amide bonds. The van der Waals surface area contributed by atoms with Crippen molar-refractivity contribution in [2.45, 2.75) is 19.4 Å². The Bertz CT molecular complexity index is 709. The highest BCUT2D eigenvalue weighted by Gasteiger charge is 2.14. The molecule has 6 heteroatoms. The highest BCUT2D eigenvalue weighted by molar-refractivity contribution is 6.10. The van der Waals surface area contributed by atoms with E-state index in [4.69, 9.17) is 14.6 Å². The number of ketones is 1. The molecular formula is C18H18O6. The maximum Gasteiger partial charge on any atom is 0.311 e. The monoisotopic (exact) mass is 330 g/mol. The normalized spacial score (nSPS) is 11.6. The number of hydrogen-bond acceptors (Lipinski definition) is 6. The molecule has 0 spiro atoms. The predicted molar refractivity (Wildman–Crippen MR) is 85.9 cm³/mol. The molecule has 0 saturated carbocycles. The van der Waals surface area contributed by atoms with E-state index in [0.29, 0.717) is 5.56 Å². The molecule has 0 aliphatic heterocycles. The summed E-state index contributed by atoms with van der Waals surface area (Å²) in [4.78, 5) is 23.5. The second kappa shape index (κ2) is 8.12. The Morgan fingerprint density at radius 2 is 1.83 bits per heavy atom. The fourth-order valence-corrected chi connectivity index (χ4v) is 2.00. The van der Waals surface area contributed by atoms with Crippen molar-refractivity contribution < 1.29 is 29.3 Å². The molecule has 24 heavy (non-hydrogen) atoms. The van der Waals surface area contributed by atoms with Crippen LogP contribution in [0.5, 0.6) is 11.5 Å². The fraction of sp³-hybridized carbons (Fsp3) is 0.222. The number of carbonyl (C=O) groups is 2. The van der Waals surface area contributed by atoms with E-state index in [2.05, 4.69) is 0 Å². The largest absolute Gasteiger partial charge is 0.507 e. The highest BCUT2D eigenvalue weighted by Crippen LogP contribution is 2.25. The van der Waals surface area contributed by atoms with Gasteiger partial charge >= 0.3 is 5.97 Å². The van der Waals surface area contributed by atoms with Gasteiger partial charge in [0, 0.05) is 11.6 Å². The van der Waals surface area contributed by atoms with Crippen LogP contribution in [0, 0.1) is 0 Å². The van der Waals surface area contributed by atoms with Crippen molar-refractivity contribution in [2.75, 3.05) is 6.79 Å². The first kappa shape index (κ1) is 17.5. The van der Waals surface area contributed by atoms with Crippen molar-refractivity contribution in [2.24, 2.45) is 0 Å². The third-order valence-electron chi connectivity index (χ3n) is 3.16. The van der Waals surface area contributed by atoms with Gasteiger partial charge < -0.3 is 19.7 Å². The van der Waals surface area contributed by atoms with Crippen LogP contribution in [0.4, 0.5) is 0 Å². The van der Waals surface area contributed by atoms with Gasteiger partial charge in [-0.05, 0) is 19.1 Å². The van der Waals surface area contributed by atoms with Gasteiger partial charge in [-0.15, -0.1) is 0 Å². The number of rotatable bonds is 7. The molecule has 0 aromatic heterocycles. The zero-order chi connectivity index (χ0) is 17.5. The standard InChI is InChI=1S/C18H18O6/c1-12(19)9-17(21)24-11-23-14-7-8-15(16(20)10-14)18(22)13-5-3-2-4-6-13/h2-8,10,12,19-20H,9,11H2,1H3. The Balaban J connectivity index is 1.97. The average Bonchev–Trinajstić information content (AvgIpc) is 2.54. The molecule has 2 aromatic rings. The van der Waals surface area contributed by atoms with E-state index in [1.54, 1.807) is 30.3 Å². The van der Waals surface area contributed by atoms with Crippen molar-refractivity contribution in [3.05, 3.63) is 59.7 Å². The lowest BCUT2D eigenvalue weighted by molar-refractivity contribution is -0.152. The minimum Gasteiger partial charge on any atom is -0.507 e. The van der Waals surface area contributed by atoms with E-state index in [-0.39, 0.29) is 36.1 Å². The summed E-state index contributed by atoms with van der Waals surface area (Å²) in [5, 5.41) is 19.1. The molecule has 0 aliphatic carbocycles. The SMILES string of the molecule is CC(O)CC(=O)OCOc1ccc(C(=O)c2ccccc2)c(O)c1. The Morgan fingerprint density at radius 3 is 2.46 bits per heavy atom. The molecule has 0 radical (unpaired) electrons. The molecule has 0 saturated heterocycles. The Hall–Kier alpha value is -2.86. The second-order valence-corrected chi connectivity index (χ2v) is 5.21. The molecule has 0 heterocycles. The van der Waals surface area contributed by atoms with Gasteiger partial charge in [-0.1, -0.05) is 30.3 Å². The molecule has 2 aromatic carbocycles. The van der Waals surface area contributed by atoms with Crippen molar-refractivity contribution >= 4 is 11.8 Å². The first-order valence-electron chi connectivity index (χ1n) is 7.36. The Morgan fingerprint density at radius 1 is 1.12 bits per heavy atom. The molecule has 6 nitrogen and oxygen atoms in total. The van der Waals surface area contributed by atoms with Gasteiger partial charge in [0.2, 0.25) is 6.79 Å². The molecule has 1 unspecified atom stereocenters. The van der Waals surface area contributed by atoms with Crippen molar-refractivity contribution in [1.82, 2.24) is 0 Å². The number of benzene rings is 2. The number of aromatic hydroxyl groups is 1. The first-order chi connectivity index (χ1) is 11.5. The second-order valence-electron chi connectivity index (χ2n) is 5.21. The summed E-state index contributed by atoms with van der Waals surface area (Å²) in [6.07, 6.45) is -0.913. The quantitative estimate of drug-likeness (QED) is 0.459. The van der Waals surface area contributed by atoms with E-state index < -0.39 is 12.1 Å². The van der Waals surface area contributed by atoms with E-state index in [9.17, 15) is 14.7 Å². The molecular weight excluding hydrogens is 312 g/mol. The maximum absolute atomic E-state index is 12.3. The first-order valence-corrected chi connectivity index (χ1v) is 7.36. The van der Waals surface area contributed by atoms with Crippen LogP contribution in [0.15, 0.2) is 48.5 Å². The highest BCUT2D eigenvalue weighted by atomic mass is 16.7. The van der Waals surface area contributed by atoms with Crippen LogP contribution in [-0.2, 0) is 9.53 Å². The topological polar surface area (TPSA) is 93.1 Å². The minimum atomic E-state index is -0.787. The van der Waals surface area contributed by atoms with Crippen LogP contribution in [0.3, 0.4) is 0 Å². The van der Waals surface area contributed by atoms with E-state index in [0.717, 1.165) is 0 Å². The Kier molecular flexibility index (Phi) is 5.92. The summed E-state index contributed by atoms with van der Waals surface area (Å²) in [6.45, 7) is 1.12. The van der Waals surface area contributed by atoms with Gasteiger partial charge in [-0.25, -0.2) is 0 Å². The molecule has 1 atom stereocenters. The lowest BCUT2D eigenvalue weighted by Crippen LogP contribution is -2.15. The summed E-state index contributed by atoms with van der Waals surface area (Å²) >= 11 is 0. The fourth-order valence-electron chi connectivity index (χ4n) is 2.00. The number of aliphatic hydroxyl groups is 1. The molecule has 2 rings (SSSR count). The van der Waals surface area contributed by atoms with Gasteiger partial charge in [0.05, 0.1) is 18.1 Å². The van der Waals surface area contributed by atoms with E-state index in [1.165, 1.54) is 25.1 Å². The third kappa shape index (κ3) is 4.82. The molecule has 0 aliphatic rings. The zero-order valence-corrected chi connectivity index (χ0v) is 13.1. The third-order valence-corrected chi connectivity index (χ3v) is 3.16. The summed E-state index contributed by atoms with van der Waals surface area (Å²) in [5.41, 5.74) is 0.619. The summed E-state index contributed by atoms with van der Waals surface area (Å²) < 4.78 is 9.96. The maximum atomic E-state index is 12.3. The minimum absolute atomic E-state index is 0.126. The molecule has 126 valence electrons. The number of aliphatic hydroxyl groups excluding tert-OH is 1. The van der Waals surface area contributed by atoms with Gasteiger partial charge in [0.25, 0.3) is 0 Å². The van der Waals surface area contributed by atoms with Crippen LogP contribution in [0.1, 0.15) is 29.3 Å². The summed E-state index contributed by atoms with van der Waals surface area (Å²) in [5.74, 6) is -0.869. The van der Waals surface area contributed by atoms with Crippen LogP contribution in [0.2, 0.25) is 0 Å². The number of hydrogen-bond donors (Lipinski definition) is 2. The van der Waals surface area contributed by atoms with E-state index in [1.807, 2.05) is 0 Å². The number of ether oxygens (including phenoxy) is 2.